The molecule has 1 heterocycles. The summed E-state index contributed by atoms with van der Waals surface area (Å²) in [5, 5.41) is 2.49. The molecule has 0 saturated carbocycles. The molecule has 0 saturated heterocycles. The summed E-state index contributed by atoms with van der Waals surface area (Å²) >= 11 is 6.14. The minimum absolute atomic E-state index is 0.0149. The summed E-state index contributed by atoms with van der Waals surface area (Å²) in [5.74, 6) is -0.262. The largest absolute Gasteiger partial charge is 0.466 e. The molecule has 1 aliphatic heterocycles. The average Bonchev–Trinajstić information content (AvgIpc) is 2.68. The zero-order valence-corrected chi connectivity index (χ0v) is 11.5. The number of fused-ring (bicyclic) bond motifs is 1. The van der Waals surface area contributed by atoms with Gasteiger partial charge < -0.3 is 10.1 Å². The lowest BCUT2D eigenvalue weighted by Gasteiger charge is -2.10. The van der Waals surface area contributed by atoms with Gasteiger partial charge >= 0.3 is 5.97 Å². The molecule has 1 aromatic rings. The van der Waals surface area contributed by atoms with E-state index in [-0.39, 0.29) is 23.7 Å². The van der Waals surface area contributed by atoms with Crippen molar-refractivity contribution in [1.82, 2.24) is 0 Å². The van der Waals surface area contributed by atoms with E-state index in [2.05, 4.69) is 5.32 Å². The molecule has 1 aliphatic rings. The second-order valence-corrected chi connectivity index (χ2v) is 5.14. The van der Waals surface area contributed by atoms with Crippen LogP contribution in [0.25, 0.3) is 0 Å². The van der Waals surface area contributed by atoms with Crippen LogP contribution < -0.4 is 5.32 Å². The molecule has 1 amide bonds. The second-order valence-electron chi connectivity index (χ2n) is 4.53. The molecule has 0 aliphatic carbocycles. The van der Waals surface area contributed by atoms with Crippen molar-refractivity contribution in [2.45, 2.75) is 31.6 Å². The van der Waals surface area contributed by atoms with E-state index in [9.17, 15) is 9.59 Å². The van der Waals surface area contributed by atoms with Gasteiger partial charge in [0.2, 0.25) is 5.91 Å². The topological polar surface area (TPSA) is 55.4 Å². The molecule has 1 unspecified atom stereocenters. The summed E-state index contributed by atoms with van der Waals surface area (Å²) in [7, 11) is 0. The molecule has 4 nitrogen and oxygen atoms in total. The van der Waals surface area contributed by atoms with E-state index in [4.69, 9.17) is 16.3 Å². The number of esters is 1. The van der Waals surface area contributed by atoms with Gasteiger partial charge in [-0.05, 0) is 30.5 Å². The van der Waals surface area contributed by atoms with Crippen molar-refractivity contribution in [2.24, 2.45) is 0 Å². The summed E-state index contributed by atoms with van der Waals surface area (Å²) in [6.07, 6.45) is 1.19. The molecule has 1 aromatic carbocycles. The van der Waals surface area contributed by atoms with Gasteiger partial charge in [-0.3, -0.25) is 9.59 Å². The number of alkyl halides is 1. The Kier molecular flexibility index (Phi) is 4.43. The van der Waals surface area contributed by atoms with E-state index in [1.807, 2.05) is 18.2 Å². The lowest BCUT2D eigenvalue weighted by molar-refractivity contribution is -0.143. The molecule has 19 heavy (non-hydrogen) atoms. The van der Waals surface area contributed by atoms with Gasteiger partial charge in [-0.25, -0.2) is 0 Å². The number of anilines is 1. The molecule has 102 valence electrons. The van der Waals surface area contributed by atoms with Gasteiger partial charge in [-0.15, -0.1) is 11.6 Å². The average molecular weight is 282 g/mol. The highest BCUT2D eigenvalue weighted by molar-refractivity contribution is 6.21. The number of amides is 1. The number of carbonyl (C=O) groups is 2. The first-order valence-electron chi connectivity index (χ1n) is 6.30. The zero-order chi connectivity index (χ0) is 13.8. The Bertz CT molecular complexity index is 501. The Morgan fingerprint density at radius 3 is 3.05 bits per heavy atom. The molecule has 2 rings (SSSR count). The van der Waals surface area contributed by atoms with Gasteiger partial charge in [-0.2, -0.15) is 0 Å². The summed E-state index contributed by atoms with van der Waals surface area (Å²) in [6.45, 7) is 2.14. The van der Waals surface area contributed by atoms with E-state index >= 15 is 0 Å². The van der Waals surface area contributed by atoms with Gasteiger partial charge in [0.05, 0.1) is 19.4 Å². The minimum Gasteiger partial charge on any atom is -0.466 e. The number of hydrogen-bond donors (Lipinski definition) is 1. The van der Waals surface area contributed by atoms with E-state index in [1.54, 1.807) is 6.92 Å². The Morgan fingerprint density at radius 2 is 2.32 bits per heavy atom. The third kappa shape index (κ3) is 3.70. The molecular formula is C14H16ClNO3. The highest BCUT2D eigenvalue weighted by Gasteiger charge is 2.19. The third-order valence-corrected chi connectivity index (χ3v) is 3.25. The lowest BCUT2D eigenvalue weighted by Crippen LogP contribution is -2.13. The lowest BCUT2D eigenvalue weighted by atomic mass is 10.0. The van der Waals surface area contributed by atoms with Crippen molar-refractivity contribution in [3.63, 3.8) is 0 Å². The first-order valence-corrected chi connectivity index (χ1v) is 6.73. The van der Waals surface area contributed by atoms with Crippen molar-refractivity contribution < 1.29 is 14.3 Å². The van der Waals surface area contributed by atoms with Crippen molar-refractivity contribution in [3.05, 3.63) is 29.3 Å². The molecule has 0 aromatic heterocycles. The zero-order valence-electron chi connectivity index (χ0n) is 10.7. The van der Waals surface area contributed by atoms with Gasteiger partial charge in [0, 0.05) is 11.1 Å². The van der Waals surface area contributed by atoms with Crippen LogP contribution in [-0.2, 0) is 27.2 Å². The number of carbonyl (C=O) groups excluding carboxylic acids is 2. The fourth-order valence-corrected chi connectivity index (χ4v) is 2.44. The Labute approximate surface area is 117 Å². The van der Waals surface area contributed by atoms with Crippen LogP contribution in [0.4, 0.5) is 5.69 Å². The maximum absolute atomic E-state index is 11.3. The predicted octanol–water partition coefficient (Wildman–Crippen LogP) is 2.28. The standard InChI is InChI=1S/C14H16ClNO3/c1-2-19-14(18)8-11(15)6-9-3-4-12-10(5-9)7-13(17)16-12/h3-5,11H,2,6-8H2,1H3,(H,16,17). The fourth-order valence-electron chi connectivity index (χ4n) is 2.14. The number of benzene rings is 1. The van der Waals surface area contributed by atoms with E-state index in [0.717, 1.165) is 16.8 Å². The third-order valence-electron chi connectivity index (χ3n) is 2.95. The van der Waals surface area contributed by atoms with Gasteiger partial charge in [0.1, 0.15) is 0 Å². The van der Waals surface area contributed by atoms with Crippen LogP contribution in [0.5, 0.6) is 0 Å². The van der Waals surface area contributed by atoms with E-state index < -0.39 is 0 Å². The molecule has 1 N–H and O–H groups in total. The monoisotopic (exact) mass is 281 g/mol. The normalized spacial score (nSPS) is 14.7. The molecule has 1 atom stereocenters. The van der Waals surface area contributed by atoms with Crippen molar-refractivity contribution >= 4 is 29.2 Å². The molecule has 0 bridgehead atoms. The number of halogens is 1. The molecule has 0 fully saturated rings. The second kappa shape index (κ2) is 6.06. The summed E-state index contributed by atoms with van der Waals surface area (Å²) < 4.78 is 4.86. The summed E-state index contributed by atoms with van der Waals surface area (Å²) in [5.41, 5.74) is 2.88. The van der Waals surface area contributed by atoms with Crippen LogP contribution in [0.2, 0.25) is 0 Å². The van der Waals surface area contributed by atoms with Crippen molar-refractivity contribution in [3.8, 4) is 0 Å². The first-order chi connectivity index (χ1) is 9.08. The van der Waals surface area contributed by atoms with Crippen LogP contribution in [-0.4, -0.2) is 23.9 Å². The quantitative estimate of drug-likeness (QED) is 0.665. The summed E-state index contributed by atoms with van der Waals surface area (Å²) in [4.78, 5) is 22.6. The maximum Gasteiger partial charge on any atom is 0.307 e. The highest BCUT2D eigenvalue weighted by atomic mass is 35.5. The van der Waals surface area contributed by atoms with Crippen molar-refractivity contribution in [2.75, 3.05) is 11.9 Å². The molecular weight excluding hydrogens is 266 g/mol. The van der Waals surface area contributed by atoms with E-state index in [1.165, 1.54) is 0 Å². The predicted molar refractivity (Wildman–Crippen MR) is 73.4 cm³/mol. The van der Waals surface area contributed by atoms with Crippen LogP contribution >= 0.6 is 11.6 Å². The first kappa shape index (κ1) is 13.9. The van der Waals surface area contributed by atoms with E-state index in [0.29, 0.717) is 19.4 Å². The van der Waals surface area contributed by atoms with Gasteiger partial charge in [-0.1, -0.05) is 12.1 Å². The maximum atomic E-state index is 11.3. The number of hydrogen-bond acceptors (Lipinski definition) is 3. The number of nitrogens with one attached hydrogen (secondary N) is 1. The number of ether oxygens (including phenoxy) is 1. The van der Waals surface area contributed by atoms with Crippen LogP contribution in [0.1, 0.15) is 24.5 Å². The molecule has 5 heteroatoms. The van der Waals surface area contributed by atoms with Crippen molar-refractivity contribution in [1.29, 1.82) is 0 Å². The molecule has 0 radical (unpaired) electrons. The smallest absolute Gasteiger partial charge is 0.307 e. The fraction of sp³-hybridized carbons (Fsp3) is 0.429. The Balaban J connectivity index is 1.95. The Morgan fingerprint density at radius 1 is 1.53 bits per heavy atom. The molecule has 0 spiro atoms. The van der Waals surface area contributed by atoms with Gasteiger partial charge in [0.15, 0.2) is 0 Å². The number of rotatable bonds is 5. The van der Waals surface area contributed by atoms with Crippen LogP contribution in [0.3, 0.4) is 0 Å². The van der Waals surface area contributed by atoms with Crippen LogP contribution in [0, 0.1) is 0 Å². The van der Waals surface area contributed by atoms with Crippen LogP contribution in [0.15, 0.2) is 18.2 Å². The minimum atomic E-state index is -0.290. The summed E-state index contributed by atoms with van der Waals surface area (Å²) in [6, 6.07) is 5.77. The van der Waals surface area contributed by atoms with Gasteiger partial charge in [0.25, 0.3) is 0 Å². The Hall–Kier alpha value is -1.55. The highest BCUT2D eigenvalue weighted by Crippen LogP contribution is 2.25. The SMILES string of the molecule is CCOC(=O)CC(Cl)Cc1ccc2c(c1)CC(=O)N2.